The highest BCUT2D eigenvalue weighted by molar-refractivity contribution is 6.02. The number of carbonyl (C=O) groups excluding carboxylic acids is 2. The van der Waals surface area contributed by atoms with Gasteiger partial charge in [0.2, 0.25) is 5.78 Å². The minimum absolute atomic E-state index is 0.182. The average Bonchev–Trinajstić information content (AvgIpc) is 2.98. The van der Waals surface area contributed by atoms with E-state index in [2.05, 4.69) is 13.8 Å². The fraction of sp³-hybridized carbons (Fsp3) is 0.913. The lowest BCUT2D eigenvalue weighted by Gasteiger charge is -2.60. The molecule has 1 N–H and O–H groups in total. The van der Waals surface area contributed by atoms with Crippen LogP contribution in [0, 0.1) is 40.4 Å². The number of hydrogen-bond acceptors (Lipinski definition) is 3. The molecule has 6 heteroatoms. The standard InChI is InChI=1S/C23H33F3O3/c1-21-9-7-14(27)11-13(21)3-4-15-16-5-6-18(22(16,2)10-8-17(15)21)19(28)12-20(29)23(24,25)26/h13-18,27H,3-12H2,1-2H3/t13-,14-,15-,16-,17-,18+,21-,22-/m0/s1. The number of halogens is 3. The van der Waals surface area contributed by atoms with Crippen molar-refractivity contribution in [3.8, 4) is 0 Å². The van der Waals surface area contributed by atoms with Gasteiger partial charge in [-0.2, -0.15) is 13.2 Å². The first-order chi connectivity index (χ1) is 13.5. The van der Waals surface area contributed by atoms with Crippen LogP contribution in [0.2, 0.25) is 0 Å². The summed E-state index contributed by atoms with van der Waals surface area (Å²) in [5.41, 5.74) is -0.0423. The molecule has 0 saturated heterocycles. The predicted octanol–water partition coefficient (Wildman–Crippen LogP) is 5.10. The maximum absolute atomic E-state index is 12.7. The Morgan fingerprint density at radius 1 is 0.931 bits per heavy atom. The van der Waals surface area contributed by atoms with Crippen molar-refractivity contribution in [2.24, 2.45) is 40.4 Å². The van der Waals surface area contributed by atoms with Gasteiger partial charge in [-0.1, -0.05) is 13.8 Å². The normalized spacial score (nSPS) is 47.1. The van der Waals surface area contributed by atoms with Crippen molar-refractivity contribution in [1.82, 2.24) is 0 Å². The minimum Gasteiger partial charge on any atom is -0.393 e. The van der Waals surface area contributed by atoms with Crippen molar-refractivity contribution >= 4 is 11.6 Å². The molecule has 0 aliphatic heterocycles. The number of alkyl halides is 3. The van der Waals surface area contributed by atoms with E-state index in [-0.39, 0.29) is 16.9 Å². The van der Waals surface area contributed by atoms with Crippen molar-refractivity contribution in [1.29, 1.82) is 0 Å². The van der Waals surface area contributed by atoms with Crippen LogP contribution in [0.15, 0.2) is 0 Å². The Balaban J connectivity index is 1.52. The third-order valence-electron chi connectivity index (χ3n) is 9.68. The maximum Gasteiger partial charge on any atom is 0.450 e. The summed E-state index contributed by atoms with van der Waals surface area (Å²) in [6, 6.07) is 0. The Morgan fingerprint density at radius 2 is 1.59 bits per heavy atom. The van der Waals surface area contributed by atoms with Crippen LogP contribution in [-0.4, -0.2) is 29.0 Å². The molecule has 0 unspecified atom stereocenters. The van der Waals surface area contributed by atoms with Crippen LogP contribution in [0.1, 0.15) is 78.1 Å². The highest BCUT2D eigenvalue weighted by Gasteiger charge is 2.61. The topological polar surface area (TPSA) is 54.4 Å². The van der Waals surface area contributed by atoms with Crippen LogP contribution in [0.3, 0.4) is 0 Å². The second kappa shape index (κ2) is 7.06. The van der Waals surface area contributed by atoms with Gasteiger partial charge >= 0.3 is 6.18 Å². The smallest absolute Gasteiger partial charge is 0.393 e. The van der Waals surface area contributed by atoms with E-state index in [0.29, 0.717) is 30.1 Å². The molecule has 0 amide bonds. The summed E-state index contributed by atoms with van der Waals surface area (Å²) in [5, 5.41) is 10.1. The molecule has 0 spiro atoms. The molecule has 0 heterocycles. The van der Waals surface area contributed by atoms with Gasteiger partial charge in [-0.25, -0.2) is 0 Å². The molecule has 0 aromatic carbocycles. The van der Waals surface area contributed by atoms with Crippen LogP contribution in [0.4, 0.5) is 13.2 Å². The highest BCUT2D eigenvalue weighted by Crippen LogP contribution is 2.67. The molecule has 0 bridgehead atoms. The zero-order chi connectivity index (χ0) is 21.2. The van der Waals surface area contributed by atoms with Gasteiger partial charge in [-0.15, -0.1) is 0 Å². The fourth-order valence-corrected chi connectivity index (χ4v) is 8.15. The Bertz CT molecular complexity index is 689. The van der Waals surface area contributed by atoms with E-state index in [9.17, 15) is 27.9 Å². The van der Waals surface area contributed by atoms with Gasteiger partial charge < -0.3 is 5.11 Å². The first-order valence-electron chi connectivity index (χ1n) is 11.3. The second-order valence-corrected chi connectivity index (χ2v) is 10.8. The van der Waals surface area contributed by atoms with E-state index in [1.54, 1.807) is 0 Å². The summed E-state index contributed by atoms with van der Waals surface area (Å²) in [6.07, 6.45) is 2.27. The van der Waals surface area contributed by atoms with Gasteiger partial charge in [0.25, 0.3) is 0 Å². The van der Waals surface area contributed by atoms with Crippen molar-refractivity contribution in [3.63, 3.8) is 0 Å². The monoisotopic (exact) mass is 414 g/mol. The third-order valence-corrected chi connectivity index (χ3v) is 9.68. The van der Waals surface area contributed by atoms with Crippen molar-refractivity contribution < 1.29 is 27.9 Å². The fourth-order valence-electron chi connectivity index (χ4n) is 8.15. The summed E-state index contributed by atoms with van der Waals surface area (Å²) < 4.78 is 38.0. The number of rotatable bonds is 3. The molecule has 4 aliphatic carbocycles. The van der Waals surface area contributed by atoms with Crippen LogP contribution in [-0.2, 0) is 9.59 Å². The summed E-state index contributed by atoms with van der Waals surface area (Å²) in [6.45, 7) is 4.49. The molecule has 164 valence electrons. The van der Waals surface area contributed by atoms with Gasteiger partial charge in [0.15, 0.2) is 0 Å². The number of fused-ring (bicyclic) bond motifs is 5. The van der Waals surface area contributed by atoms with Gasteiger partial charge in [-0.05, 0) is 92.3 Å². The van der Waals surface area contributed by atoms with E-state index in [0.717, 1.165) is 51.4 Å². The molecule has 8 atom stereocenters. The number of Topliss-reactive ketones (excluding diaryl/α,β-unsaturated/α-hetero) is 2. The lowest BCUT2D eigenvalue weighted by molar-refractivity contribution is -0.172. The second-order valence-electron chi connectivity index (χ2n) is 10.8. The summed E-state index contributed by atoms with van der Waals surface area (Å²) in [5.74, 6) is -0.813. The van der Waals surface area contributed by atoms with Crippen LogP contribution < -0.4 is 0 Å². The largest absolute Gasteiger partial charge is 0.450 e. The summed E-state index contributed by atoms with van der Waals surface area (Å²) >= 11 is 0. The lowest BCUT2D eigenvalue weighted by Crippen LogP contribution is -2.54. The Hall–Kier alpha value is -0.910. The van der Waals surface area contributed by atoms with Crippen LogP contribution in [0.5, 0.6) is 0 Å². The molecule has 0 aromatic rings. The molecule has 4 fully saturated rings. The maximum atomic E-state index is 12.7. The van der Waals surface area contributed by atoms with Gasteiger partial charge in [0.05, 0.1) is 12.5 Å². The highest BCUT2D eigenvalue weighted by atomic mass is 19.4. The van der Waals surface area contributed by atoms with E-state index in [1.165, 1.54) is 0 Å². The lowest BCUT2D eigenvalue weighted by atomic mass is 9.44. The molecule has 3 nitrogen and oxygen atoms in total. The molecule has 4 saturated carbocycles. The summed E-state index contributed by atoms with van der Waals surface area (Å²) in [7, 11) is 0. The van der Waals surface area contributed by atoms with E-state index >= 15 is 0 Å². The van der Waals surface area contributed by atoms with E-state index in [4.69, 9.17) is 0 Å². The Morgan fingerprint density at radius 3 is 2.28 bits per heavy atom. The molecule has 0 radical (unpaired) electrons. The van der Waals surface area contributed by atoms with Gasteiger partial charge in [0, 0.05) is 5.92 Å². The zero-order valence-corrected chi connectivity index (χ0v) is 17.4. The minimum atomic E-state index is -4.93. The molecule has 0 aromatic heterocycles. The van der Waals surface area contributed by atoms with E-state index in [1.807, 2.05) is 0 Å². The van der Waals surface area contributed by atoms with Crippen LogP contribution >= 0.6 is 0 Å². The third kappa shape index (κ3) is 3.37. The van der Waals surface area contributed by atoms with Crippen LogP contribution in [0.25, 0.3) is 0 Å². The van der Waals surface area contributed by atoms with Crippen molar-refractivity contribution in [2.75, 3.05) is 0 Å². The SMILES string of the molecule is C[C@]12CC[C@H](O)C[C@@H]1CC[C@@H]1[C@@H]2CC[C@]2(C)[C@@H](C(=O)CC(=O)C(F)(F)F)CC[C@@H]12. The van der Waals surface area contributed by atoms with Crippen molar-refractivity contribution in [2.45, 2.75) is 90.3 Å². The number of aliphatic hydroxyl groups excluding tert-OH is 1. The van der Waals surface area contributed by atoms with Gasteiger partial charge in [-0.3, -0.25) is 9.59 Å². The Kier molecular flexibility index (Phi) is 5.20. The molecular weight excluding hydrogens is 381 g/mol. The molecule has 4 aliphatic rings. The number of ketones is 2. The summed E-state index contributed by atoms with van der Waals surface area (Å²) in [4.78, 5) is 24.1. The molecule has 4 rings (SSSR count). The molecular formula is C23H33F3O3. The number of carbonyl (C=O) groups is 2. The first-order valence-corrected chi connectivity index (χ1v) is 11.3. The average molecular weight is 415 g/mol. The van der Waals surface area contributed by atoms with E-state index < -0.39 is 30.1 Å². The predicted molar refractivity (Wildman–Crippen MR) is 102 cm³/mol. The number of hydrogen-bond donors (Lipinski definition) is 1. The van der Waals surface area contributed by atoms with Gasteiger partial charge in [0.1, 0.15) is 5.78 Å². The molecule has 29 heavy (non-hydrogen) atoms. The zero-order valence-electron chi connectivity index (χ0n) is 17.4. The number of aliphatic hydroxyl groups is 1. The van der Waals surface area contributed by atoms with Crippen molar-refractivity contribution in [3.05, 3.63) is 0 Å². The first kappa shape index (κ1) is 21.3. The Labute approximate surface area is 170 Å². The quantitative estimate of drug-likeness (QED) is 0.654.